The number of rotatable bonds is 2. The van der Waals surface area contributed by atoms with Gasteiger partial charge in [-0.1, -0.05) is 18.2 Å². The summed E-state index contributed by atoms with van der Waals surface area (Å²) in [5.74, 6) is 2.57. The number of hydrogen-bond acceptors (Lipinski definition) is 6. The van der Waals surface area contributed by atoms with Crippen LogP contribution in [-0.4, -0.2) is 16.6 Å². The Morgan fingerprint density at radius 3 is 2.73 bits per heavy atom. The van der Waals surface area contributed by atoms with Crippen LogP contribution in [0.1, 0.15) is 5.56 Å². The highest BCUT2D eigenvalue weighted by molar-refractivity contribution is 5.95. The van der Waals surface area contributed by atoms with E-state index in [4.69, 9.17) is 20.9 Å². The van der Waals surface area contributed by atoms with E-state index >= 15 is 0 Å². The Labute approximate surface area is 126 Å². The molecule has 0 unspecified atom stereocenters. The summed E-state index contributed by atoms with van der Waals surface area (Å²) in [6, 6.07) is 11.3. The Morgan fingerprint density at radius 1 is 1.09 bits per heavy atom. The molecule has 3 aromatic rings. The predicted molar refractivity (Wildman–Crippen MR) is 84.1 cm³/mol. The molecule has 1 aliphatic rings. The van der Waals surface area contributed by atoms with Gasteiger partial charge < -0.3 is 20.9 Å². The number of para-hydroxylation sites is 1. The molecule has 0 spiro atoms. The van der Waals surface area contributed by atoms with Crippen molar-refractivity contribution in [1.29, 1.82) is 0 Å². The number of benzene rings is 2. The number of nitrogens with two attached hydrogens (primary N) is 2. The Kier molecular flexibility index (Phi) is 2.75. The van der Waals surface area contributed by atoms with Gasteiger partial charge in [0, 0.05) is 23.4 Å². The zero-order chi connectivity index (χ0) is 15.1. The molecule has 2 aromatic carbocycles. The van der Waals surface area contributed by atoms with Crippen molar-refractivity contribution in [2.75, 3.05) is 18.1 Å². The highest BCUT2D eigenvalue weighted by atomic mass is 16.5. The fourth-order valence-corrected chi connectivity index (χ4v) is 2.72. The van der Waals surface area contributed by atoms with Gasteiger partial charge in [-0.25, -0.2) is 4.98 Å². The first-order valence-electron chi connectivity index (χ1n) is 6.96. The summed E-state index contributed by atoms with van der Waals surface area (Å²) in [6.45, 7) is 0.587. The van der Waals surface area contributed by atoms with Crippen molar-refractivity contribution in [1.82, 2.24) is 9.97 Å². The Balaban J connectivity index is 1.92. The van der Waals surface area contributed by atoms with Crippen molar-refractivity contribution in [2.45, 2.75) is 6.42 Å². The second-order valence-corrected chi connectivity index (χ2v) is 5.06. The van der Waals surface area contributed by atoms with E-state index in [0.717, 1.165) is 23.1 Å². The molecule has 0 aliphatic carbocycles. The topological polar surface area (TPSA) is 96.3 Å². The number of ether oxygens (including phenoxy) is 2. The van der Waals surface area contributed by atoms with E-state index in [9.17, 15) is 0 Å². The molecule has 0 bridgehead atoms. The largest absolute Gasteiger partial charge is 0.489 e. The maximum absolute atomic E-state index is 6.01. The van der Waals surface area contributed by atoms with E-state index in [1.807, 2.05) is 30.3 Å². The van der Waals surface area contributed by atoms with Gasteiger partial charge in [-0.3, -0.25) is 0 Å². The Bertz CT molecular complexity index is 865. The van der Waals surface area contributed by atoms with Crippen LogP contribution in [0.2, 0.25) is 0 Å². The lowest BCUT2D eigenvalue weighted by Gasteiger charge is -2.13. The number of nitrogens with zero attached hydrogens (tertiary/aromatic N) is 2. The fraction of sp³-hybridized carbons (Fsp3) is 0.125. The smallest absolute Gasteiger partial charge is 0.222 e. The molecule has 4 rings (SSSR count). The summed E-state index contributed by atoms with van der Waals surface area (Å²) in [5.41, 5.74) is 13.3. The van der Waals surface area contributed by atoms with Crippen molar-refractivity contribution in [3.8, 4) is 17.2 Å². The number of hydrogen-bond donors (Lipinski definition) is 2. The lowest BCUT2D eigenvalue weighted by atomic mass is 10.1. The molecular weight excluding hydrogens is 280 g/mol. The normalized spacial score (nSPS) is 12.9. The van der Waals surface area contributed by atoms with Crippen molar-refractivity contribution in [3.63, 3.8) is 0 Å². The first-order valence-corrected chi connectivity index (χ1v) is 6.96. The monoisotopic (exact) mass is 294 g/mol. The first kappa shape index (κ1) is 12.7. The summed E-state index contributed by atoms with van der Waals surface area (Å²) in [4.78, 5) is 8.31. The van der Waals surface area contributed by atoms with Crippen LogP contribution in [0.3, 0.4) is 0 Å². The van der Waals surface area contributed by atoms with Crippen LogP contribution in [0, 0.1) is 0 Å². The second kappa shape index (κ2) is 4.77. The highest BCUT2D eigenvalue weighted by Gasteiger charge is 2.24. The lowest BCUT2D eigenvalue weighted by Crippen LogP contribution is -2.02. The molecule has 6 heteroatoms. The van der Waals surface area contributed by atoms with Crippen molar-refractivity contribution in [2.24, 2.45) is 0 Å². The second-order valence-electron chi connectivity index (χ2n) is 5.06. The molecule has 0 fully saturated rings. The van der Waals surface area contributed by atoms with E-state index in [2.05, 4.69) is 9.97 Å². The number of fused-ring (bicyclic) bond motifs is 3. The SMILES string of the molecule is Nc1nc(N)c2c3c(c(Oc4ccccc4)cc2n1)OCC3. The van der Waals surface area contributed by atoms with Gasteiger partial charge in [0.1, 0.15) is 11.6 Å². The molecule has 0 saturated heterocycles. The van der Waals surface area contributed by atoms with Gasteiger partial charge in [-0.15, -0.1) is 0 Å². The standard InChI is InChI=1S/C16H14N4O2/c17-15-13-10-6-7-21-14(10)12(8-11(13)19-16(18)20-15)22-9-4-2-1-3-5-9/h1-5,8H,6-7H2,(H4,17,18,19,20). The van der Waals surface area contributed by atoms with Crippen molar-refractivity contribution < 1.29 is 9.47 Å². The van der Waals surface area contributed by atoms with Gasteiger partial charge in [0.15, 0.2) is 11.5 Å². The van der Waals surface area contributed by atoms with Crippen LogP contribution >= 0.6 is 0 Å². The summed E-state index contributed by atoms with van der Waals surface area (Å²) in [5, 5.41) is 0.794. The van der Waals surface area contributed by atoms with Gasteiger partial charge in [0.25, 0.3) is 0 Å². The zero-order valence-electron chi connectivity index (χ0n) is 11.7. The molecule has 4 N–H and O–H groups in total. The summed E-state index contributed by atoms with van der Waals surface area (Å²) in [7, 11) is 0. The minimum atomic E-state index is 0.148. The van der Waals surface area contributed by atoms with Gasteiger partial charge in [-0.05, 0) is 12.1 Å². The Morgan fingerprint density at radius 2 is 1.91 bits per heavy atom. The number of aromatic nitrogens is 2. The van der Waals surface area contributed by atoms with Crippen LogP contribution in [-0.2, 0) is 6.42 Å². The molecule has 0 atom stereocenters. The Hall–Kier alpha value is -3.02. The van der Waals surface area contributed by atoms with Crippen LogP contribution < -0.4 is 20.9 Å². The van der Waals surface area contributed by atoms with E-state index in [1.54, 1.807) is 6.07 Å². The minimum absolute atomic E-state index is 0.148. The molecule has 6 nitrogen and oxygen atoms in total. The van der Waals surface area contributed by atoms with E-state index in [-0.39, 0.29) is 5.95 Å². The molecule has 0 radical (unpaired) electrons. The first-order chi connectivity index (χ1) is 10.7. The van der Waals surface area contributed by atoms with Crippen molar-refractivity contribution in [3.05, 3.63) is 42.0 Å². The van der Waals surface area contributed by atoms with Gasteiger partial charge in [0.2, 0.25) is 5.95 Å². The van der Waals surface area contributed by atoms with Crippen LogP contribution in [0.25, 0.3) is 10.9 Å². The molecule has 1 aromatic heterocycles. The summed E-state index contributed by atoms with van der Waals surface area (Å²) < 4.78 is 11.7. The van der Waals surface area contributed by atoms with Gasteiger partial charge >= 0.3 is 0 Å². The maximum atomic E-state index is 6.01. The summed E-state index contributed by atoms with van der Waals surface area (Å²) >= 11 is 0. The van der Waals surface area contributed by atoms with E-state index in [0.29, 0.717) is 29.4 Å². The van der Waals surface area contributed by atoms with Crippen LogP contribution in [0.5, 0.6) is 17.2 Å². The predicted octanol–water partition coefficient (Wildman–Crippen LogP) is 2.52. The van der Waals surface area contributed by atoms with Crippen LogP contribution in [0.4, 0.5) is 11.8 Å². The molecule has 1 aliphatic heterocycles. The molecular formula is C16H14N4O2. The van der Waals surface area contributed by atoms with Crippen LogP contribution in [0.15, 0.2) is 36.4 Å². The molecule has 2 heterocycles. The van der Waals surface area contributed by atoms with E-state index in [1.165, 1.54) is 0 Å². The summed E-state index contributed by atoms with van der Waals surface area (Å²) in [6.07, 6.45) is 0.745. The minimum Gasteiger partial charge on any atom is -0.489 e. The van der Waals surface area contributed by atoms with Crippen molar-refractivity contribution >= 4 is 22.7 Å². The zero-order valence-corrected chi connectivity index (χ0v) is 11.7. The highest BCUT2D eigenvalue weighted by Crippen LogP contribution is 2.43. The fourth-order valence-electron chi connectivity index (χ4n) is 2.72. The number of anilines is 2. The molecule has 0 saturated carbocycles. The maximum Gasteiger partial charge on any atom is 0.222 e. The quantitative estimate of drug-likeness (QED) is 0.754. The van der Waals surface area contributed by atoms with Gasteiger partial charge in [-0.2, -0.15) is 4.98 Å². The average molecular weight is 294 g/mol. The number of nitrogen functional groups attached to an aromatic ring is 2. The molecule has 0 amide bonds. The lowest BCUT2D eigenvalue weighted by molar-refractivity contribution is 0.338. The third-order valence-corrected chi connectivity index (χ3v) is 3.62. The van der Waals surface area contributed by atoms with Gasteiger partial charge in [0.05, 0.1) is 12.1 Å². The average Bonchev–Trinajstić information content (AvgIpc) is 2.97. The third kappa shape index (κ3) is 1.96. The third-order valence-electron chi connectivity index (χ3n) is 3.62. The molecule has 110 valence electrons. The molecule has 22 heavy (non-hydrogen) atoms. The van der Waals surface area contributed by atoms with E-state index < -0.39 is 0 Å².